The number of carbonyl (C=O) groups excluding carboxylic acids is 1. The van der Waals surface area contributed by atoms with Gasteiger partial charge in [0.15, 0.2) is 9.84 Å². The van der Waals surface area contributed by atoms with Gasteiger partial charge in [-0.05, 0) is 42.7 Å². The van der Waals surface area contributed by atoms with E-state index in [1.54, 1.807) is 12.1 Å². The van der Waals surface area contributed by atoms with Crippen molar-refractivity contribution < 1.29 is 13.2 Å². The Kier molecular flexibility index (Phi) is 3.53. The van der Waals surface area contributed by atoms with Gasteiger partial charge in [-0.15, -0.1) is 0 Å². The lowest BCUT2D eigenvalue weighted by Crippen LogP contribution is -2.19. The number of hydrogen-bond acceptors (Lipinski definition) is 5. The predicted molar refractivity (Wildman–Crippen MR) is 79.6 cm³/mol. The maximum atomic E-state index is 12.0. The van der Waals surface area contributed by atoms with Crippen LogP contribution >= 0.6 is 0 Å². The molecule has 1 amide bonds. The topological polar surface area (TPSA) is 109 Å². The number of aromatic nitrogens is 2. The summed E-state index contributed by atoms with van der Waals surface area (Å²) in [5.41, 5.74) is 0.882. The van der Waals surface area contributed by atoms with Crippen molar-refractivity contribution in [3.63, 3.8) is 0 Å². The van der Waals surface area contributed by atoms with Crippen molar-refractivity contribution >= 4 is 21.4 Å². The van der Waals surface area contributed by atoms with Gasteiger partial charge in [0.1, 0.15) is 5.69 Å². The van der Waals surface area contributed by atoms with Crippen molar-refractivity contribution in [2.24, 2.45) is 0 Å². The number of anilines is 1. The molecule has 2 heterocycles. The number of fused-ring (bicyclic) bond motifs is 1. The average Bonchev–Trinajstić information content (AvgIpc) is 2.47. The van der Waals surface area contributed by atoms with E-state index in [1.165, 1.54) is 18.2 Å². The molecule has 114 valence electrons. The first-order valence-corrected chi connectivity index (χ1v) is 8.34. The van der Waals surface area contributed by atoms with Crippen molar-refractivity contribution in [1.29, 1.82) is 0 Å². The standard InChI is InChI=1S/C14H13N3O4S/c18-13-6-4-11(16-17-13)14(19)15-10-3-5-12-9(8-10)2-1-7-22(12,20)21/h3-6,8H,1-2,7H2,(H,15,19)(H,17,18). The summed E-state index contributed by atoms with van der Waals surface area (Å²) in [6.45, 7) is 0. The molecule has 8 heteroatoms. The number of benzene rings is 1. The highest BCUT2D eigenvalue weighted by Crippen LogP contribution is 2.27. The minimum atomic E-state index is -3.21. The van der Waals surface area contributed by atoms with E-state index in [-0.39, 0.29) is 11.4 Å². The fourth-order valence-electron chi connectivity index (χ4n) is 2.38. The summed E-state index contributed by atoms with van der Waals surface area (Å²) in [6.07, 6.45) is 1.24. The van der Waals surface area contributed by atoms with Crippen molar-refractivity contribution in [1.82, 2.24) is 10.2 Å². The van der Waals surface area contributed by atoms with Gasteiger partial charge in [0, 0.05) is 11.8 Å². The first kappa shape index (κ1) is 14.5. The van der Waals surface area contributed by atoms with Crippen LogP contribution in [0, 0.1) is 0 Å². The molecule has 2 aromatic rings. The van der Waals surface area contributed by atoms with Gasteiger partial charge in [0.2, 0.25) is 0 Å². The number of H-pyrrole nitrogens is 1. The van der Waals surface area contributed by atoms with E-state index in [1.807, 2.05) is 0 Å². The summed E-state index contributed by atoms with van der Waals surface area (Å²) >= 11 is 0. The monoisotopic (exact) mass is 319 g/mol. The highest BCUT2D eigenvalue weighted by molar-refractivity contribution is 7.91. The van der Waals surface area contributed by atoms with Gasteiger partial charge in [-0.25, -0.2) is 13.5 Å². The molecule has 0 spiro atoms. The lowest BCUT2D eigenvalue weighted by molar-refractivity contribution is 0.102. The molecule has 1 aliphatic rings. The average molecular weight is 319 g/mol. The maximum absolute atomic E-state index is 12.0. The largest absolute Gasteiger partial charge is 0.321 e. The third-order valence-corrected chi connectivity index (χ3v) is 5.32. The minimum absolute atomic E-state index is 0.0740. The molecule has 1 aromatic carbocycles. The summed E-state index contributed by atoms with van der Waals surface area (Å²) < 4.78 is 23.9. The Balaban J connectivity index is 1.86. The van der Waals surface area contributed by atoms with Crippen LogP contribution in [0.1, 0.15) is 22.5 Å². The molecule has 22 heavy (non-hydrogen) atoms. The number of carbonyl (C=O) groups is 1. The lowest BCUT2D eigenvalue weighted by atomic mass is 10.1. The van der Waals surface area contributed by atoms with Crippen molar-refractivity contribution in [3.05, 3.63) is 51.9 Å². The molecule has 0 aliphatic carbocycles. The van der Waals surface area contributed by atoms with Crippen LogP contribution in [0.15, 0.2) is 40.0 Å². The van der Waals surface area contributed by atoms with E-state index in [9.17, 15) is 18.0 Å². The van der Waals surface area contributed by atoms with Crippen LogP contribution in [0.3, 0.4) is 0 Å². The van der Waals surface area contributed by atoms with Gasteiger partial charge < -0.3 is 5.32 Å². The molecule has 0 saturated carbocycles. The number of sulfone groups is 1. The lowest BCUT2D eigenvalue weighted by Gasteiger charge is -2.17. The first-order chi connectivity index (χ1) is 10.5. The van der Waals surface area contributed by atoms with Gasteiger partial charge in [-0.2, -0.15) is 5.10 Å². The van der Waals surface area contributed by atoms with Crippen molar-refractivity contribution in [2.75, 3.05) is 11.1 Å². The Morgan fingerprint density at radius 2 is 2.05 bits per heavy atom. The first-order valence-electron chi connectivity index (χ1n) is 6.68. The molecule has 0 saturated heterocycles. The number of hydrogen-bond donors (Lipinski definition) is 2. The predicted octanol–water partition coefficient (Wildman–Crippen LogP) is 0.742. The summed E-state index contributed by atoms with van der Waals surface area (Å²) in [7, 11) is -3.21. The van der Waals surface area contributed by atoms with Crippen LogP contribution in [0.25, 0.3) is 0 Å². The molecule has 1 aliphatic heterocycles. The molecule has 0 radical (unpaired) electrons. The molecule has 1 aromatic heterocycles. The van der Waals surface area contributed by atoms with Crippen LogP contribution in [0.4, 0.5) is 5.69 Å². The van der Waals surface area contributed by atoms with Gasteiger partial charge >= 0.3 is 0 Å². The van der Waals surface area contributed by atoms with E-state index in [0.29, 0.717) is 29.0 Å². The number of aromatic amines is 1. The third-order valence-electron chi connectivity index (χ3n) is 3.42. The van der Waals surface area contributed by atoms with E-state index < -0.39 is 21.3 Å². The molecule has 2 N–H and O–H groups in total. The molecule has 0 bridgehead atoms. The van der Waals surface area contributed by atoms with E-state index in [4.69, 9.17) is 0 Å². The smallest absolute Gasteiger partial charge is 0.276 e. The van der Waals surface area contributed by atoms with Crippen LogP contribution in [-0.2, 0) is 16.3 Å². The normalized spacial score (nSPS) is 15.8. The molecule has 0 atom stereocenters. The van der Waals surface area contributed by atoms with Crippen molar-refractivity contribution in [3.8, 4) is 0 Å². The van der Waals surface area contributed by atoms with Gasteiger partial charge in [0.05, 0.1) is 10.6 Å². The fraction of sp³-hybridized carbons (Fsp3) is 0.214. The van der Waals surface area contributed by atoms with E-state index in [0.717, 1.165) is 0 Å². The SMILES string of the molecule is O=C(Nc1ccc2c(c1)CCCS2(=O)=O)c1ccc(=O)[nH]n1. The molecule has 0 fully saturated rings. The second-order valence-electron chi connectivity index (χ2n) is 5.01. The Bertz CT molecular complexity index is 882. The number of nitrogens with one attached hydrogen (secondary N) is 2. The third kappa shape index (κ3) is 2.77. The molecule has 0 unspecified atom stereocenters. The van der Waals surface area contributed by atoms with Crippen LogP contribution in [0.5, 0.6) is 0 Å². The maximum Gasteiger partial charge on any atom is 0.276 e. The minimum Gasteiger partial charge on any atom is -0.321 e. The van der Waals surface area contributed by atoms with Gasteiger partial charge in [-0.3, -0.25) is 9.59 Å². The molecule has 3 rings (SSSR count). The summed E-state index contributed by atoms with van der Waals surface area (Å²) in [5, 5.41) is 8.46. The summed E-state index contributed by atoms with van der Waals surface area (Å²) in [5.74, 6) is -0.317. The highest BCUT2D eigenvalue weighted by atomic mass is 32.2. The molecular weight excluding hydrogens is 306 g/mol. The molecular formula is C14H13N3O4S. The van der Waals surface area contributed by atoms with Crippen LogP contribution < -0.4 is 10.9 Å². The Morgan fingerprint density at radius 1 is 1.23 bits per heavy atom. The second-order valence-corrected chi connectivity index (χ2v) is 7.08. The summed E-state index contributed by atoms with van der Waals surface area (Å²) in [6, 6.07) is 7.25. The van der Waals surface area contributed by atoms with Gasteiger partial charge in [0.25, 0.3) is 11.5 Å². The zero-order valence-corrected chi connectivity index (χ0v) is 12.3. The number of aryl methyl sites for hydroxylation is 1. The van der Waals surface area contributed by atoms with Crippen LogP contribution in [0.2, 0.25) is 0 Å². The number of amides is 1. The number of rotatable bonds is 2. The highest BCUT2D eigenvalue weighted by Gasteiger charge is 2.23. The second kappa shape index (κ2) is 5.38. The zero-order valence-electron chi connectivity index (χ0n) is 11.5. The Labute approximate surface area is 126 Å². The quantitative estimate of drug-likeness (QED) is 0.848. The van der Waals surface area contributed by atoms with E-state index >= 15 is 0 Å². The van der Waals surface area contributed by atoms with E-state index in [2.05, 4.69) is 15.5 Å². The van der Waals surface area contributed by atoms with Crippen molar-refractivity contribution in [2.45, 2.75) is 17.7 Å². The molecule has 7 nitrogen and oxygen atoms in total. The summed E-state index contributed by atoms with van der Waals surface area (Å²) in [4.78, 5) is 23.3. The number of nitrogens with zero attached hydrogens (tertiary/aromatic N) is 1. The Morgan fingerprint density at radius 3 is 2.77 bits per heavy atom. The van der Waals surface area contributed by atoms with Crippen LogP contribution in [-0.4, -0.2) is 30.3 Å². The Hall–Kier alpha value is -2.48. The zero-order chi connectivity index (χ0) is 15.7. The van der Waals surface area contributed by atoms with Gasteiger partial charge in [-0.1, -0.05) is 0 Å². The fourth-order valence-corrected chi connectivity index (χ4v) is 3.96.